The molecule has 1 saturated heterocycles. The number of rotatable bonds is 9. The van der Waals surface area contributed by atoms with Crippen molar-refractivity contribution in [1.82, 2.24) is 10.2 Å². The van der Waals surface area contributed by atoms with E-state index in [2.05, 4.69) is 10.3 Å². The first kappa shape index (κ1) is 25.5. The van der Waals surface area contributed by atoms with E-state index in [1.54, 1.807) is 12.1 Å². The van der Waals surface area contributed by atoms with Gasteiger partial charge in [0.05, 0.1) is 6.61 Å². The molecule has 0 aliphatic carbocycles. The van der Waals surface area contributed by atoms with Gasteiger partial charge in [-0.3, -0.25) is 4.79 Å². The number of ether oxygens (including phenoxy) is 1. The number of alkyl halides is 2. The van der Waals surface area contributed by atoms with Gasteiger partial charge in [-0.1, -0.05) is 0 Å². The number of benzene rings is 1. The molecule has 1 aliphatic rings. The highest BCUT2D eigenvalue weighted by Gasteiger charge is 2.23. The van der Waals surface area contributed by atoms with Gasteiger partial charge in [0.1, 0.15) is 5.75 Å². The number of aryl methyl sites for hydroxylation is 1. The number of halogens is 2. The molecule has 0 saturated carbocycles. The first-order chi connectivity index (χ1) is 15.2. The fraction of sp³-hybridized carbons (Fsp3) is 0.591. The number of urea groups is 1. The first-order valence-electron chi connectivity index (χ1n) is 10.9. The lowest BCUT2D eigenvalue weighted by Gasteiger charge is -2.30. The number of likely N-dealkylation sites (tertiary alicyclic amines) is 1. The van der Waals surface area contributed by atoms with Crippen molar-refractivity contribution in [3.05, 3.63) is 29.3 Å². The second-order valence-corrected chi connectivity index (χ2v) is 8.21. The lowest BCUT2D eigenvalue weighted by molar-refractivity contribution is 0.0951. The normalized spacial score (nSPS) is 16.2. The van der Waals surface area contributed by atoms with Gasteiger partial charge in [-0.05, 0) is 69.2 Å². The molecule has 1 heterocycles. The minimum Gasteiger partial charge on any atom is -0.494 e. The second kappa shape index (κ2) is 12.3. The van der Waals surface area contributed by atoms with E-state index in [9.17, 15) is 18.4 Å². The summed E-state index contributed by atoms with van der Waals surface area (Å²) in [5.41, 5.74) is 12.1. The van der Waals surface area contributed by atoms with Crippen LogP contribution in [0.4, 0.5) is 13.6 Å². The molecule has 1 aromatic rings. The third-order valence-corrected chi connectivity index (χ3v) is 5.39. The molecular weight excluding hydrogens is 420 g/mol. The van der Waals surface area contributed by atoms with E-state index >= 15 is 0 Å². The first-order valence-corrected chi connectivity index (χ1v) is 10.9. The average molecular weight is 454 g/mol. The van der Waals surface area contributed by atoms with E-state index in [0.717, 1.165) is 31.2 Å². The summed E-state index contributed by atoms with van der Waals surface area (Å²) in [6.07, 6.45) is 0.459. The molecule has 0 radical (unpaired) electrons. The quantitative estimate of drug-likeness (QED) is 0.301. The van der Waals surface area contributed by atoms with Crippen LogP contribution in [-0.2, 0) is 0 Å². The molecule has 1 aliphatic heterocycles. The van der Waals surface area contributed by atoms with Crippen LogP contribution in [0.1, 0.15) is 48.5 Å². The molecule has 2 rings (SSSR count). The summed E-state index contributed by atoms with van der Waals surface area (Å²) < 4.78 is 30.6. The van der Waals surface area contributed by atoms with Crippen LogP contribution in [0.5, 0.6) is 5.75 Å². The van der Waals surface area contributed by atoms with E-state index < -0.39 is 18.3 Å². The van der Waals surface area contributed by atoms with Crippen molar-refractivity contribution < 1.29 is 23.1 Å². The zero-order chi connectivity index (χ0) is 23.7. The second-order valence-electron chi connectivity index (χ2n) is 8.21. The van der Waals surface area contributed by atoms with Crippen LogP contribution in [0.25, 0.3) is 0 Å². The Bertz CT molecular complexity index is 809. The standard InChI is InChI=1S/C22H33F2N5O3/c1-14-12-17(5-6-18(14)21(30)27-13-15(2)25)32-11-3-4-16-7-9-29(10-8-16)22(31)28-20(26)19(23)24/h5-6,12,15-16,19H,3-4,7-11,13,25H2,1-2H3,(H,27,30)(H2,26,28,31). The van der Waals surface area contributed by atoms with Gasteiger partial charge in [0.15, 0.2) is 5.84 Å². The van der Waals surface area contributed by atoms with E-state index in [4.69, 9.17) is 16.2 Å². The molecule has 5 N–H and O–H groups in total. The van der Waals surface area contributed by atoms with Gasteiger partial charge in [-0.25, -0.2) is 13.6 Å². The monoisotopic (exact) mass is 453 g/mol. The predicted octanol–water partition coefficient (Wildman–Crippen LogP) is 2.69. The van der Waals surface area contributed by atoms with Gasteiger partial charge in [0, 0.05) is 31.2 Å². The van der Waals surface area contributed by atoms with E-state index in [1.807, 2.05) is 19.9 Å². The molecule has 3 amide bonds. The van der Waals surface area contributed by atoms with E-state index in [0.29, 0.717) is 43.5 Å². The van der Waals surface area contributed by atoms with Crippen molar-refractivity contribution in [1.29, 1.82) is 0 Å². The minimum atomic E-state index is -2.92. The van der Waals surface area contributed by atoms with Crippen LogP contribution in [0, 0.1) is 12.8 Å². The maximum Gasteiger partial charge on any atom is 0.345 e. The van der Waals surface area contributed by atoms with Crippen molar-refractivity contribution in [2.75, 3.05) is 26.2 Å². The summed E-state index contributed by atoms with van der Waals surface area (Å²) in [7, 11) is 0. The molecule has 178 valence electrons. The number of amides is 3. The number of nitrogens with two attached hydrogens (primary N) is 2. The highest BCUT2D eigenvalue weighted by Crippen LogP contribution is 2.23. The lowest BCUT2D eigenvalue weighted by atomic mass is 9.92. The summed E-state index contributed by atoms with van der Waals surface area (Å²) in [4.78, 5) is 28.8. The largest absolute Gasteiger partial charge is 0.494 e. The zero-order valence-electron chi connectivity index (χ0n) is 18.7. The Labute approximate surface area is 187 Å². The number of piperidine rings is 1. The highest BCUT2D eigenvalue weighted by molar-refractivity contribution is 5.96. The van der Waals surface area contributed by atoms with Gasteiger partial charge in [0.25, 0.3) is 12.3 Å². The number of amidine groups is 1. The molecule has 0 aromatic heterocycles. The third-order valence-electron chi connectivity index (χ3n) is 5.39. The van der Waals surface area contributed by atoms with E-state index in [1.165, 1.54) is 4.90 Å². The molecule has 1 fully saturated rings. The minimum absolute atomic E-state index is 0.104. The summed E-state index contributed by atoms with van der Waals surface area (Å²) in [5.74, 6) is 0.0556. The lowest BCUT2D eigenvalue weighted by Crippen LogP contribution is -2.38. The Balaban J connectivity index is 1.70. The zero-order valence-corrected chi connectivity index (χ0v) is 18.7. The van der Waals surface area contributed by atoms with Crippen molar-refractivity contribution in [3.8, 4) is 5.75 Å². The van der Waals surface area contributed by atoms with Gasteiger partial charge in [-0.2, -0.15) is 4.99 Å². The van der Waals surface area contributed by atoms with Gasteiger partial charge in [-0.15, -0.1) is 0 Å². The summed E-state index contributed by atoms with van der Waals surface area (Å²) in [5, 5.41) is 2.80. The Morgan fingerprint density at radius 2 is 2.00 bits per heavy atom. The van der Waals surface area contributed by atoms with Crippen molar-refractivity contribution >= 4 is 17.8 Å². The predicted molar refractivity (Wildman–Crippen MR) is 119 cm³/mol. The highest BCUT2D eigenvalue weighted by atomic mass is 19.3. The molecule has 1 atom stereocenters. The summed E-state index contributed by atoms with van der Waals surface area (Å²) in [6, 6.07) is 4.57. The van der Waals surface area contributed by atoms with Crippen molar-refractivity contribution in [3.63, 3.8) is 0 Å². The number of aliphatic imine (C=N–C) groups is 1. The number of carbonyl (C=O) groups excluding carboxylic acids is 2. The van der Waals surface area contributed by atoms with Crippen LogP contribution in [0.2, 0.25) is 0 Å². The van der Waals surface area contributed by atoms with E-state index in [-0.39, 0.29) is 11.9 Å². The molecule has 1 aromatic carbocycles. The maximum atomic E-state index is 12.4. The number of hydrogen-bond donors (Lipinski definition) is 3. The molecule has 1 unspecified atom stereocenters. The number of nitrogens with zero attached hydrogens (tertiary/aromatic N) is 2. The molecule has 8 nitrogen and oxygen atoms in total. The van der Waals surface area contributed by atoms with Crippen LogP contribution < -0.4 is 21.5 Å². The smallest absolute Gasteiger partial charge is 0.345 e. The van der Waals surface area contributed by atoms with Crippen LogP contribution >= 0.6 is 0 Å². The number of hydrogen-bond acceptors (Lipinski definition) is 4. The fourth-order valence-corrected chi connectivity index (χ4v) is 3.53. The van der Waals surface area contributed by atoms with Crippen molar-refractivity contribution in [2.24, 2.45) is 22.4 Å². The molecule has 0 bridgehead atoms. The molecular formula is C22H33F2N5O3. The fourth-order valence-electron chi connectivity index (χ4n) is 3.53. The van der Waals surface area contributed by atoms with Crippen LogP contribution in [-0.4, -0.2) is 61.4 Å². The Morgan fingerprint density at radius 1 is 1.31 bits per heavy atom. The SMILES string of the molecule is Cc1cc(OCCCC2CCN(C(=O)/N=C(\N)C(F)F)CC2)ccc1C(=O)NCC(C)N. The van der Waals surface area contributed by atoms with Gasteiger partial charge < -0.3 is 26.4 Å². The topological polar surface area (TPSA) is 123 Å². The molecule has 10 heteroatoms. The maximum absolute atomic E-state index is 12.4. The summed E-state index contributed by atoms with van der Waals surface area (Å²) >= 11 is 0. The summed E-state index contributed by atoms with van der Waals surface area (Å²) in [6.45, 7) is 5.62. The molecule has 32 heavy (non-hydrogen) atoms. The molecule has 0 spiro atoms. The average Bonchev–Trinajstić information content (AvgIpc) is 2.75. The van der Waals surface area contributed by atoms with Crippen LogP contribution in [0.15, 0.2) is 23.2 Å². The van der Waals surface area contributed by atoms with Gasteiger partial charge >= 0.3 is 6.03 Å². The number of carbonyl (C=O) groups is 2. The Kier molecular flexibility index (Phi) is 9.83. The third kappa shape index (κ3) is 8.07. The Hall–Kier alpha value is -2.75. The van der Waals surface area contributed by atoms with Crippen LogP contribution in [0.3, 0.4) is 0 Å². The Morgan fingerprint density at radius 3 is 2.59 bits per heavy atom. The van der Waals surface area contributed by atoms with Crippen molar-refractivity contribution in [2.45, 2.75) is 52.0 Å². The number of nitrogens with one attached hydrogen (secondary N) is 1. The van der Waals surface area contributed by atoms with Gasteiger partial charge in [0.2, 0.25) is 0 Å².